The number of likely N-dealkylation sites (tertiary alicyclic amines) is 1. The van der Waals surface area contributed by atoms with Gasteiger partial charge in [-0.3, -0.25) is 9.59 Å². The third-order valence-electron chi connectivity index (χ3n) is 2.28. The molecule has 2 unspecified atom stereocenters. The van der Waals surface area contributed by atoms with Crippen molar-refractivity contribution in [2.75, 3.05) is 6.54 Å². The van der Waals surface area contributed by atoms with Crippen molar-refractivity contribution < 1.29 is 19.5 Å². The Balaban J connectivity index is 2.60. The van der Waals surface area contributed by atoms with E-state index >= 15 is 0 Å². The molecule has 0 aromatic rings. The van der Waals surface area contributed by atoms with E-state index in [0.29, 0.717) is 6.54 Å². The van der Waals surface area contributed by atoms with Crippen molar-refractivity contribution in [2.24, 2.45) is 0 Å². The summed E-state index contributed by atoms with van der Waals surface area (Å²) in [7, 11) is 0. The van der Waals surface area contributed by atoms with E-state index in [1.165, 1.54) is 18.7 Å². The van der Waals surface area contributed by atoms with Crippen molar-refractivity contribution in [1.82, 2.24) is 4.90 Å². The van der Waals surface area contributed by atoms with E-state index in [1.54, 1.807) is 0 Å². The summed E-state index contributed by atoms with van der Waals surface area (Å²) < 4.78 is 0. The molecule has 0 aromatic heterocycles. The van der Waals surface area contributed by atoms with Crippen molar-refractivity contribution in [2.45, 2.75) is 31.6 Å². The van der Waals surface area contributed by atoms with Crippen LogP contribution < -0.4 is 0 Å². The molecule has 5 nitrogen and oxygen atoms in total. The molecule has 0 spiro atoms. The maximum atomic E-state index is 11.5. The monoisotopic (exact) mass is 231 g/mol. The molecule has 1 saturated heterocycles. The van der Waals surface area contributed by atoms with Gasteiger partial charge in [0.15, 0.2) is 5.12 Å². The van der Waals surface area contributed by atoms with Gasteiger partial charge in [-0.1, -0.05) is 11.8 Å². The molecule has 2 atom stereocenters. The number of rotatable bonds is 3. The van der Waals surface area contributed by atoms with E-state index in [4.69, 9.17) is 5.11 Å². The van der Waals surface area contributed by atoms with Crippen LogP contribution in [-0.2, 0) is 14.4 Å². The van der Waals surface area contributed by atoms with Gasteiger partial charge < -0.3 is 10.0 Å². The standard InChI is InChI=1S/C9H13NO4S/c1-5(9(13)14)10-4-7(3-8(10)12)15-6(2)11/h5,7H,3-4H2,1-2H3,(H,13,14). The molecule has 84 valence electrons. The summed E-state index contributed by atoms with van der Waals surface area (Å²) in [6.45, 7) is 3.26. The quantitative estimate of drug-likeness (QED) is 0.758. The maximum Gasteiger partial charge on any atom is 0.326 e. The second-order valence-corrected chi connectivity index (χ2v) is 4.97. The largest absolute Gasteiger partial charge is 0.480 e. The van der Waals surface area contributed by atoms with Crippen molar-refractivity contribution in [3.63, 3.8) is 0 Å². The lowest BCUT2D eigenvalue weighted by Gasteiger charge is -2.20. The van der Waals surface area contributed by atoms with Crippen LogP contribution in [0.4, 0.5) is 0 Å². The van der Waals surface area contributed by atoms with E-state index in [2.05, 4.69) is 0 Å². The number of carbonyl (C=O) groups excluding carboxylic acids is 2. The molecule has 0 bridgehead atoms. The molecule has 0 aromatic carbocycles. The molecular formula is C9H13NO4S. The number of hydrogen-bond acceptors (Lipinski definition) is 4. The zero-order valence-electron chi connectivity index (χ0n) is 8.60. The molecule has 1 fully saturated rings. The van der Waals surface area contributed by atoms with Gasteiger partial charge in [-0.2, -0.15) is 0 Å². The van der Waals surface area contributed by atoms with Gasteiger partial charge in [0, 0.05) is 25.1 Å². The summed E-state index contributed by atoms with van der Waals surface area (Å²) in [4.78, 5) is 34.3. The smallest absolute Gasteiger partial charge is 0.326 e. The number of carboxylic acid groups (broad SMARTS) is 1. The summed E-state index contributed by atoms with van der Waals surface area (Å²) in [5.41, 5.74) is 0. The highest BCUT2D eigenvalue weighted by Crippen LogP contribution is 2.25. The Hall–Kier alpha value is -1.04. The Kier molecular flexibility index (Phi) is 3.73. The predicted octanol–water partition coefficient (Wildman–Crippen LogP) is 0.340. The molecule has 6 heteroatoms. The summed E-state index contributed by atoms with van der Waals surface area (Å²) in [6.07, 6.45) is 0.252. The van der Waals surface area contributed by atoms with E-state index in [-0.39, 0.29) is 22.7 Å². The SMILES string of the molecule is CC(=O)SC1CC(=O)N(C(C)C(=O)O)C1. The highest BCUT2D eigenvalue weighted by Gasteiger charge is 2.36. The normalized spacial score (nSPS) is 22.9. The van der Waals surface area contributed by atoms with Gasteiger partial charge in [-0.05, 0) is 6.92 Å². The minimum Gasteiger partial charge on any atom is -0.480 e. The Bertz CT molecular complexity index is 304. The average Bonchev–Trinajstić information content (AvgIpc) is 2.44. The zero-order chi connectivity index (χ0) is 11.6. The molecule has 1 aliphatic rings. The minimum absolute atomic E-state index is 0.0439. The number of amides is 1. The molecule has 0 aliphatic carbocycles. The number of hydrogen-bond donors (Lipinski definition) is 1. The van der Waals surface area contributed by atoms with Crippen LogP contribution in [0.2, 0.25) is 0 Å². The third-order valence-corrected chi connectivity index (χ3v) is 3.26. The summed E-state index contributed by atoms with van der Waals surface area (Å²) in [5.74, 6) is -1.21. The lowest BCUT2D eigenvalue weighted by Crippen LogP contribution is -2.40. The Morgan fingerprint density at radius 3 is 2.67 bits per heavy atom. The maximum absolute atomic E-state index is 11.5. The fourth-order valence-electron chi connectivity index (χ4n) is 1.52. The van der Waals surface area contributed by atoms with Gasteiger partial charge in [0.25, 0.3) is 0 Å². The van der Waals surface area contributed by atoms with Gasteiger partial charge >= 0.3 is 5.97 Å². The fraction of sp³-hybridized carbons (Fsp3) is 0.667. The molecule has 1 amide bonds. The number of aliphatic carboxylic acids is 1. The van der Waals surface area contributed by atoms with Crippen LogP contribution in [0.25, 0.3) is 0 Å². The second kappa shape index (κ2) is 4.65. The van der Waals surface area contributed by atoms with Gasteiger partial charge in [0.1, 0.15) is 6.04 Å². The van der Waals surface area contributed by atoms with Crippen LogP contribution >= 0.6 is 11.8 Å². The van der Waals surface area contributed by atoms with Crippen molar-refractivity contribution in [3.8, 4) is 0 Å². The molecule has 15 heavy (non-hydrogen) atoms. The van der Waals surface area contributed by atoms with Crippen LogP contribution in [0.3, 0.4) is 0 Å². The highest BCUT2D eigenvalue weighted by atomic mass is 32.2. The molecule has 1 heterocycles. The van der Waals surface area contributed by atoms with Crippen LogP contribution in [0, 0.1) is 0 Å². The first-order valence-corrected chi connectivity index (χ1v) is 5.49. The van der Waals surface area contributed by atoms with E-state index in [1.807, 2.05) is 0 Å². The first-order valence-electron chi connectivity index (χ1n) is 4.61. The Morgan fingerprint density at radius 1 is 1.60 bits per heavy atom. The summed E-state index contributed by atoms with van der Waals surface area (Å²) in [6, 6.07) is -0.810. The Morgan fingerprint density at radius 2 is 2.20 bits per heavy atom. The topological polar surface area (TPSA) is 74.7 Å². The number of thioether (sulfide) groups is 1. The van der Waals surface area contributed by atoms with Crippen LogP contribution in [0.1, 0.15) is 20.3 Å². The molecule has 1 aliphatic heterocycles. The first kappa shape index (κ1) is 12.0. The van der Waals surface area contributed by atoms with Gasteiger partial charge in [-0.15, -0.1) is 0 Å². The predicted molar refractivity (Wildman–Crippen MR) is 55.5 cm³/mol. The third kappa shape index (κ3) is 2.95. The van der Waals surface area contributed by atoms with Crippen molar-refractivity contribution >= 4 is 28.8 Å². The molecular weight excluding hydrogens is 218 g/mol. The summed E-state index contributed by atoms with van der Waals surface area (Å²) in [5, 5.41) is 8.62. The molecule has 0 saturated carbocycles. The lowest BCUT2D eigenvalue weighted by atomic mass is 10.3. The molecule has 1 rings (SSSR count). The number of carboxylic acids is 1. The van der Waals surface area contributed by atoms with Crippen molar-refractivity contribution in [1.29, 1.82) is 0 Å². The first-order chi connectivity index (χ1) is 6.91. The van der Waals surface area contributed by atoms with E-state index < -0.39 is 12.0 Å². The van der Waals surface area contributed by atoms with Gasteiger partial charge in [0.05, 0.1) is 0 Å². The second-order valence-electron chi connectivity index (χ2n) is 3.50. The zero-order valence-corrected chi connectivity index (χ0v) is 9.41. The molecule has 1 N–H and O–H groups in total. The average molecular weight is 231 g/mol. The van der Waals surface area contributed by atoms with Crippen LogP contribution in [-0.4, -0.2) is 44.8 Å². The number of carbonyl (C=O) groups is 3. The fourth-order valence-corrected chi connectivity index (χ4v) is 2.45. The number of nitrogens with zero attached hydrogens (tertiary/aromatic N) is 1. The van der Waals surface area contributed by atoms with Gasteiger partial charge in [0.2, 0.25) is 5.91 Å². The molecule has 0 radical (unpaired) electrons. The van der Waals surface area contributed by atoms with Crippen molar-refractivity contribution in [3.05, 3.63) is 0 Å². The summed E-state index contributed by atoms with van der Waals surface area (Å²) >= 11 is 1.10. The lowest BCUT2D eigenvalue weighted by molar-refractivity contribution is -0.147. The van der Waals surface area contributed by atoms with E-state index in [9.17, 15) is 14.4 Å². The highest BCUT2D eigenvalue weighted by molar-refractivity contribution is 8.14. The van der Waals surface area contributed by atoms with Crippen LogP contribution in [0.5, 0.6) is 0 Å². The van der Waals surface area contributed by atoms with E-state index in [0.717, 1.165) is 11.8 Å². The van der Waals surface area contributed by atoms with Gasteiger partial charge in [-0.25, -0.2) is 4.79 Å². The minimum atomic E-state index is -1.02. The van der Waals surface area contributed by atoms with Crippen LogP contribution in [0.15, 0.2) is 0 Å². The Labute approximate surface area is 91.8 Å².